The number of carbonyl (C=O) groups excluding carboxylic acids is 1. The number of hydrazone groups is 1. The first kappa shape index (κ1) is 24.5. The lowest BCUT2D eigenvalue weighted by Crippen LogP contribution is -2.19. The minimum absolute atomic E-state index is 0.333. The monoisotopic (exact) mass is 406 g/mol. The highest BCUT2D eigenvalue weighted by Crippen LogP contribution is 2.14. The van der Waals surface area contributed by atoms with Gasteiger partial charge in [0.15, 0.2) is 0 Å². The highest BCUT2D eigenvalue weighted by atomic mass is 32.2. The summed E-state index contributed by atoms with van der Waals surface area (Å²) in [5.41, 5.74) is 4.13. The number of nitrogens with zero attached hydrogens (tertiary/aromatic N) is 1. The minimum atomic E-state index is -0.333. The molecule has 0 heterocycles. The molecule has 158 valence electrons. The molecule has 28 heavy (non-hydrogen) atoms. The Morgan fingerprint density at radius 2 is 1.54 bits per heavy atom. The first-order valence-electron chi connectivity index (χ1n) is 10.9. The standard InChI is InChI=1S/C23H38N2O2S/c1-3-5-6-7-8-9-10-11-12-16-19-28-22(23(26)27-4-2)25-24-20-21-17-14-13-15-18-21/h13-15,17-18,24H,3-12,16,19-20H2,1-2H3/b25-22-. The molecule has 1 N–H and O–H groups in total. The smallest absolute Gasteiger partial charge is 0.365 e. The summed E-state index contributed by atoms with van der Waals surface area (Å²) in [4.78, 5) is 12.1. The van der Waals surface area contributed by atoms with Gasteiger partial charge in [0.1, 0.15) is 0 Å². The third-order valence-corrected chi connectivity index (χ3v) is 5.52. The van der Waals surface area contributed by atoms with E-state index in [0.717, 1.165) is 17.7 Å². The van der Waals surface area contributed by atoms with Crippen molar-refractivity contribution in [3.63, 3.8) is 0 Å². The van der Waals surface area contributed by atoms with Gasteiger partial charge in [-0.3, -0.25) is 0 Å². The molecular formula is C23H38N2O2S. The van der Waals surface area contributed by atoms with Crippen molar-refractivity contribution in [3.8, 4) is 0 Å². The largest absolute Gasteiger partial charge is 0.461 e. The van der Waals surface area contributed by atoms with Crippen LogP contribution in [0.5, 0.6) is 0 Å². The van der Waals surface area contributed by atoms with E-state index in [4.69, 9.17) is 4.74 Å². The summed E-state index contributed by atoms with van der Waals surface area (Å²) in [5.74, 6) is 0.571. The molecular weight excluding hydrogens is 368 g/mol. The zero-order chi connectivity index (χ0) is 20.3. The van der Waals surface area contributed by atoms with Crippen molar-refractivity contribution in [2.45, 2.75) is 84.6 Å². The SMILES string of the molecule is CCCCCCCCCCCCS/C(=N\NCc1ccccc1)C(=O)OCC. The first-order chi connectivity index (χ1) is 13.8. The lowest BCUT2D eigenvalue weighted by Gasteiger charge is -2.07. The number of nitrogens with one attached hydrogen (secondary N) is 1. The van der Waals surface area contributed by atoms with Crippen molar-refractivity contribution in [1.82, 2.24) is 5.43 Å². The van der Waals surface area contributed by atoms with E-state index in [1.807, 2.05) is 37.3 Å². The molecule has 1 rings (SSSR count). The van der Waals surface area contributed by atoms with E-state index in [0.29, 0.717) is 18.2 Å². The lowest BCUT2D eigenvalue weighted by molar-refractivity contribution is -0.134. The van der Waals surface area contributed by atoms with Crippen molar-refractivity contribution < 1.29 is 9.53 Å². The summed E-state index contributed by atoms with van der Waals surface area (Å²) in [5, 5.41) is 4.70. The number of ether oxygens (including phenoxy) is 1. The number of carbonyl (C=O) groups is 1. The van der Waals surface area contributed by atoms with Gasteiger partial charge in [0, 0.05) is 0 Å². The second kappa shape index (κ2) is 17.6. The molecule has 0 aliphatic heterocycles. The molecule has 0 fully saturated rings. The highest BCUT2D eigenvalue weighted by Gasteiger charge is 2.13. The topological polar surface area (TPSA) is 50.7 Å². The van der Waals surface area contributed by atoms with E-state index in [9.17, 15) is 4.79 Å². The van der Waals surface area contributed by atoms with Crippen LogP contribution in [-0.4, -0.2) is 23.4 Å². The second-order valence-electron chi connectivity index (χ2n) is 6.99. The minimum Gasteiger partial charge on any atom is -0.461 e. The van der Waals surface area contributed by atoms with E-state index in [-0.39, 0.29) is 5.97 Å². The van der Waals surface area contributed by atoms with Crippen LogP contribution in [0.3, 0.4) is 0 Å². The molecule has 0 saturated carbocycles. The van der Waals surface area contributed by atoms with Gasteiger partial charge in [-0.15, -0.1) is 0 Å². The molecule has 1 aromatic rings. The number of benzene rings is 1. The molecule has 5 heteroatoms. The molecule has 0 amide bonds. The Balaban J connectivity index is 2.19. The van der Waals surface area contributed by atoms with Crippen LogP contribution in [-0.2, 0) is 16.1 Å². The Bertz CT molecular complexity index is 535. The van der Waals surface area contributed by atoms with Gasteiger partial charge in [-0.2, -0.15) is 5.10 Å². The Labute approximate surface area is 175 Å². The number of hydrogen-bond acceptors (Lipinski definition) is 5. The number of rotatable bonds is 15. The molecule has 0 atom stereocenters. The fraction of sp³-hybridized carbons (Fsp3) is 0.652. The van der Waals surface area contributed by atoms with Crippen molar-refractivity contribution in [2.24, 2.45) is 5.10 Å². The van der Waals surface area contributed by atoms with Crippen molar-refractivity contribution >= 4 is 22.8 Å². The molecule has 0 spiro atoms. The normalized spacial score (nSPS) is 11.4. The number of unbranched alkanes of at least 4 members (excludes halogenated alkanes) is 9. The van der Waals surface area contributed by atoms with Crippen LogP contribution in [0.1, 0.15) is 83.6 Å². The summed E-state index contributed by atoms with van der Waals surface area (Å²) in [6.07, 6.45) is 13.1. The predicted octanol–water partition coefficient (Wildman–Crippen LogP) is 6.31. The maximum Gasteiger partial charge on any atom is 0.365 e. The maximum atomic E-state index is 12.1. The van der Waals surface area contributed by atoms with Gasteiger partial charge in [0.25, 0.3) is 0 Å². The fourth-order valence-corrected chi connectivity index (χ4v) is 3.73. The van der Waals surface area contributed by atoms with Gasteiger partial charge in [-0.05, 0) is 24.7 Å². The van der Waals surface area contributed by atoms with Crippen LogP contribution >= 0.6 is 11.8 Å². The van der Waals surface area contributed by atoms with Crippen molar-refractivity contribution in [2.75, 3.05) is 12.4 Å². The van der Waals surface area contributed by atoms with Gasteiger partial charge >= 0.3 is 5.97 Å². The summed E-state index contributed by atoms with van der Waals surface area (Å²) < 4.78 is 5.13. The fourth-order valence-electron chi connectivity index (χ4n) is 2.89. The quantitative estimate of drug-likeness (QED) is 0.122. The summed E-state index contributed by atoms with van der Waals surface area (Å²) >= 11 is 1.50. The van der Waals surface area contributed by atoms with Gasteiger partial charge in [-0.1, -0.05) is 107 Å². The van der Waals surface area contributed by atoms with Crippen molar-refractivity contribution in [1.29, 1.82) is 0 Å². The third kappa shape index (κ3) is 12.8. The molecule has 0 saturated heterocycles. The lowest BCUT2D eigenvalue weighted by atomic mass is 10.1. The molecule has 0 aliphatic carbocycles. The second-order valence-corrected chi connectivity index (χ2v) is 8.07. The van der Waals surface area contributed by atoms with Crippen LogP contribution < -0.4 is 5.43 Å². The van der Waals surface area contributed by atoms with Crippen LogP contribution in [0.2, 0.25) is 0 Å². The molecule has 1 aromatic carbocycles. The Kier molecular flexibility index (Phi) is 15.4. The van der Waals surface area contributed by atoms with Crippen LogP contribution in [0.4, 0.5) is 0 Å². The maximum absolute atomic E-state index is 12.1. The van der Waals surface area contributed by atoms with Crippen LogP contribution in [0.15, 0.2) is 35.4 Å². The van der Waals surface area contributed by atoms with Crippen LogP contribution in [0, 0.1) is 0 Å². The first-order valence-corrected chi connectivity index (χ1v) is 11.9. The Morgan fingerprint density at radius 3 is 2.14 bits per heavy atom. The summed E-state index contributed by atoms with van der Waals surface area (Å²) in [7, 11) is 0. The van der Waals surface area contributed by atoms with Gasteiger partial charge in [0.2, 0.25) is 5.04 Å². The molecule has 0 radical (unpaired) electrons. The summed E-state index contributed by atoms with van der Waals surface area (Å²) in [6.45, 7) is 5.05. The van der Waals surface area contributed by atoms with Gasteiger partial charge in [-0.25, -0.2) is 4.79 Å². The zero-order valence-corrected chi connectivity index (χ0v) is 18.6. The molecule has 0 aromatic heterocycles. The average molecular weight is 407 g/mol. The Morgan fingerprint density at radius 1 is 0.929 bits per heavy atom. The van der Waals surface area contributed by atoms with Crippen molar-refractivity contribution in [3.05, 3.63) is 35.9 Å². The molecule has 0 aliphatic rings. The zero-order valence-electron chi connectivity index (χ0n) is 17.8. The highest BCUT2D eigenvalue weighted by molar-refractivity contribution is 8.15. The summed E-state index contributed by atoms with van der Waals surface area (Å²) in [6, 6.07) is 10.0. The number of esters is 1. The predicted molar refractivity (Wildman–Crippen MR) is 122 cm³/mol. The number of thioether (sulfide) groups is 1. The van der Waals surface area contributed by atoms with E-state index < -0.39 is 0 Å². The Hall–Kier alpha value is -1.49. The van der Waals surface area contributed by atoms with E-state index in [1.54, 1.807) is 0 Å². The van der Waals surface area contributed by atoms with E-state index >= 15 is 0 Å². The molecule has 0 unspecified atom stereocenters. The average Bonchev–Trinajstić information content (AvgIpc) is 2.71. The molecule has 0 bridgehead atoms. The van der Waals surface area contributed by atoms with E-state index in [1.165, 1.54) is 69.5 Å². The number of hydrogen-bond donors (Lipinski definition) is 1. The molecule has 4 nitrogen and oxygen atoms in total. The van der Waals surface area contributed by atoms with Gasteiger partial charge in [0.05, 0.1) is 13.2 Å². The van der Waals surface area contributed by atoms with Crippen LogP contribution in [0.25, 0.3) is 0 Å². The van der Waals surface area contributed by atoms with Gasteiger partial charge < -0.3 is 10.2 Å². The van der Waals surface area contributed by atoms with E-state index in [2.05, 4.69) is 17.5 Å². The third-order valence-electron chi connectivity index (χ3n) is 4.49.